The first-order valence-corrected chi connectivity index (χ1v) is 19.5. The molecule has 57 heavy (non-hydrogen) atoms. The van der Waals surface area contributed by atoms with Crippen LogP contribution in [-0.4, -0.2) is 37.9 Å². The van der Waals surface area contributed by atoms with Crippen molar-refractivity contribution in [2.75, 3.05) is 0 Å². The maximum Gasteiger partial charge on any atom is 0.176 e. The van der Waals surface area contributed by atoms with E-state index in [1.54, 1.807) is 11.3 Å². The van der Waals surface area contributed by atoms with Gasteiger partial charge in [0, 0.05) is 49.4 Å². The van der Waals surface area contributed by atoms with Crippen LogP contribution in [0, 0.1) is 0 Å². The van der Waals surface area contributed by atoms with Crippen LogP contribution in [0.4, 0.5) is 0 Å². The van der Waals surface area contributed by atoms with Gasteiger partial charge in [0.2, 0.25) is 0 Å². The summed E-state index contributed by atoms with van der Waals surface area (Å²) in [6, 6.07) is 57.8. The van der Waals surface area contributed by atoms with Crippen LogP contribution in [-0.2, 0) is 6.54 Å². The molecule has 0 aliphatic carbocycles. The molecule has 4 heterocycles. The molecular formula is C49H33N7S. The minimum absolute atomic E-state index is 0.437. The summed E-state index contributed by atoms with van der Waals surface area (Å²) in [6.07, 6.45) is 1.87. The summed E-state index contributed by atoms with van der Waals surface area (Å²) in [5.74, 6) is 1.60. The lowest BCUT2D eigenvalue weighted by molar-refractivity contribution is 1.05. The van der Waals surface area contributed by atoms with Crippen molar-refractivity contribution in [3.8, 4) is 28.3 Å². The van der Waals surface area contributed by atoms with E-state index in [0.29, 0.717) is 29.7 Å². The van der Waals surface area contributed by atoms with Crippen LogP contribution >= 0.6 is 11.3 Å². The monoisotopic (exact) mass is 751 g/mol. The fourth-order valence-electron chi connectivity index (χ4n) is 7.44. The molecule has 0 aliphatic rings. The van der Waals surface area contributed by atoms with Crippen molar-refractivity contribution in [1.29, 1.82) is 0 Å². The third kappa shape index (κ3) is 6.28. The fourth-order valence-corrected chi connectivity index (χ4v) is 8.59. The Morgan fingerprint density at radius 1 is 0.632 bits per heavy atom. The number of rotatable bonds is 7. The van der Waals surface area contributed by atoms with Crippen LogP contribution in [0.2, 0.25) is 0 Å². The first-order valence-electron chi connectivity index (χ1n) is 18.7. The topological polar surface area (TPSA) is 80.7 Å². The SMILES string of the molecule is C=NC(=NC(=NCc1ccccc1)c1ccc(-c2nc(-c3cccc4c3c3ccccc3n4-c3ccccc3)nc3c2sc2ccccc23)cn1)c1ccccc1. The zero-order valence-electron chi connectivity index (χ0n) is 30.7. The molecule has 4 aromatic heterocycles. The third-order valence-corrected chi connectivity index (χ3v) is 11.3. The molecule has 0 radical (unpaired) electrons. The molecule has 6 aromatic carbocycles. The molecule has 0 spiro atoms. The molecule has 10 aromatic rings. The summed E-state index contributed by atoms with van der Waals surface area (Å²) in [4.78, 5) is 29.8. The average molecular weight is 752 g/mol. The van der Waals surface area contributed by atoms with Gasteiger partial charge in [0.15, 0.2) is 17.5 Å². The van der Waals surface area contributed by atoms with Crippen LogP contribution in [0.3, 0.4) is 0 Å². The van der Waals surface area contributed by atoms with Crippen molar-refractivity contribution >= 4 is 71.8 Å². The number of hydrogen-bond acceptors (Lipinski definition) is 5. The molecule has 0 atom stereocenters. The van der Waals surface area contributed by atoms with Gasteiger partial charge in [-0.3, -0.25) is 9.98 Å². The Morgan fingerprint density at radius 2 is 1.33 bits per heavy atom. The largest absolute Gasteiger partial charge is 0.309 e. The van der Waals surface area contributed by atoms with Crippen molar-refractivity contribution < 1.29 is 0 Å². The second kappa shape index (κ2) is 14.7. The number of para-hydroxylation sites is 2. The molecule has 270 valence electrons. The first kappa shape index (κ1) is 34.1. The second-order valence-corrected chi connectivity index (χ2v) is 14.6. The zero-order valence-corrected chi connectivity index (χ0v) is 31.5. The van der Waals surface area contributed by atoms with Gasteiger partial charge in [0.05, 0.1) is 33.5 Å². The highest BCUT2D eigenvalue weighted by Gasteiger charge is 2.21. The Morgan fingerprint density at radius 3 is 2.11 bits per heavy atom. The first-order chi connectivity index (χ1) is 28.2. The number of aromatic nitrogens is 4. The van der Waals surface area contributed by atoms with Crippen LogP contribution in [0.15, 0.2) is 191 Å². The molecule has 0 amide bonds. The summed E-state index contributed by atoms with van der Waals surface area (Å²) in [5.41, 5.74) is 9.43. The minimum Gasteiger partial charge on any atom is -0.309 e. The number of aliphatic imine (C=N–C) groups is 3. The normalized spacial score (nSPS) is 12.2. The molecule has 7 nitrogen and oxygen atoms in total. The molecule has 0 bridgehead atoms. The maximum absolute atomic E-state index is 5.40. The lowest BCUT2D eigenvalue weighted by Gasteiger charge is -2.10. The number of pyridine rings is 1. The van der Waals surface area contributed by atoms with Gasteiger partial charge in [-0.1, -0.05) is 127 Å². The van der Waals surface area contributed by atoms with Crippen molar-refractivity contribution in [2.45, 2.75) is 6.54 Å². The Hall–Kier alpha value is -7.42. The lowest BCUT2D eigenvalue weighted by Crippen LogP contribution is -2.07. The molecule has 8 heteroatoms. The van der Waals surface area contributed by atoms with E-state index < -0.39 is 0 Å². The zero-order chi connectivity index (χ0) is 38.1. The van der Waals surface area contributed by atoms with Gasteiger partial charge in [0.1, 0.15) is 5.69 Å². The Bertz CT molecular complexity index is 3150. The van der Waals surface area contributed by atoms with Crippen molar-refractivity contribution in [3.63, 3.8) is 0 Å². The Kier molecular flexibility index (Phi) is 8.78. The Labute approximate surface area is 332 Å². The summed E-state index contributed by atoms with van der Waals surface area (Å²) in [6.45, 7) is 4.25. The highest BCUT2D eigenvalue weighted by atomic mass is 32.1. The lowest BCUT2D eigenvalue weighted by atomic mass is 10.0. The van der Waals surface area contributed by atoms with E-state index in [1.807, 2.05) is 79.0 Å². The molecular weight excluding hydrogens is 719 g/mol. The van der Waals surface area contributed by atoms with Crippen LogP contribution in [0.1, 0.15) is 16.8 Å². The molecule has 0 fully saturated rings. The van der Waals surface area contributed by atoms with E-state index in [0.717, 1.165) is 75.7 Å². The number of hydrogen-bond donors (Lipinski definition) is 0. The van der Waals surface area contributed by atoms with Gasteiger partial charge >= 0.3 is 0 Å². The second-order valence-electron chi connectivity index (χ2n) is 13.6. The van der Waals surface area contributed by atoms with Crippen LogP contribution in [0.5, 0.6) is 0 Å². The summed E-state index contributed by atoms with van der Waals surface area (Å²) in [7, 11) is 0. The van der Waals surface area contributed by atoms with E-state index >= 15 is 0 Å². The maximum atomic E-state index is 5.40. The van der Waals surface area contributed by atoms with E-state index in [-0.39, 0.29) is 0 Å². The van der Waals surface area contributed by atoms with Crippen molar-refractivity contribution in [1.82, 2.24) is 19.5 Å². The molecule has 0 saturated carbocycles. The van der Waals surface area contributed by atoms with E-state index in [1.165, 1.54) is 0 Å². The summed E-state index contributed by atoms with van der Waals surface area (Å²) in [5, 5.41) is 3.35. The quantitative estimate of drug-likeness (QED) is 0.120. The summed E-state index contributed by atoms with van der Waals surface area (Å²) < 4.78 is 4.48. The van der Waals surface area contributed by atoms with E-state index in [9.17, 15) is 0 Å². The number of amidine groups is 2. The molecule has 0 unspecified atom stereocenters. The van der Waals surface area contributed by atoms with E-state index in [4.69, 9.17) is 24.9 Å². The van der Waals surface area contributed by atoms with Gasteiger partial charge in [-0.05, 0) is 54.7 Å². The van der Waals surface area contributed by atoms with Gasteiger partial charge in [-0.25, -0.2) is 20.0 Å². The van der Waals surface area contributed by atoms with Gasteiger partial charge in [-0.15, -0.1) is 11.3 Å². The van der Waals surface area contributed by atoms with Crippen molar-refractivity contribution in [2.24, 2.45) is 15.0 Å². The average Bonchev–Trinajstić information content (AvgIpc) is 3.83. The predicted molar refractivity (Wildman–Crippen MR) is 237 cm³/mol. The minimum atomic E-state index is 0.437. The molecule has 10 rings (SSSR count). The predicted octanol–water partition coefficient (Wildman–Crippen LogP) is 11.8. The highest BCUT2D eigenvalue weighted by molar-refractivity contribution is 7.26. The number of nitrogens with zero attached hydrogens (tertiary/aromatic N) is 7. The number of fused-ring (bicyclic) bond motifs is 6. The van der Waals surface area contributed by atoms with Crippen LogP contribution < -0.4 is 0 Å². The van der Waals surface area contributed by atoms with Gasteiger partial charge < -0.3 is 4.57 Å². The van der Waals surface area contributed by atoms with Crippen molar-refractivity contribution in [3.05, 3.63) is 193 Å². The smallest absolute Gasteiger partial charge is 0.176 e. The van der Waals surface area contributed by atoms with Gasteiger partial charge in [0.25, 0.3) is 0 Å². The number of thiophene rings is 1. The molecule has 0 aliphatic heterocycles. The van der Waals surface area contributed by atoms with E-state index in [2.05, 4.69) is 113 Å². The van der Waals surface area contributed by atoms with Gasteiger partial charge in [-0.2, -0.15) is 0 Å². The molecule has 0 saturated heterocycles. The standard InChI is InChI=1S/C49H33N7S/c1-50-47(33-18-7-3-8-19-33)55-49(52-30-32-16-5-2-6-17-32)39-29-28-34(31-51-39)44-46-45(37-23-12-14-27-42(37)57-46)54-48(53-44)38-24-15-26-41-43(38)36-22-11-13-25-40(36)56(41)35-20-9-4-10-21-35/h2-29,31H,1,30H2. The highest BCUT2D eigenvalue weighted by Crippen LogP contribution is 2.42. The molecule has 0 N–H and O–H groups in total. The fraction of sp³-hybridized carbons (Fsp3) is 0.0204. The third-order valence-electron chi connectivity index (χ3n) is 10.1. The number of benzene rings is 6. The summed E-state index contributed by atoms with van der Waals surface area (Å²) >= 11 is 1.70. The Balaban J connectivity index is 1.14. The van der Waals surface area contributed by atoms with Crippen LogP contribution in [0.25, 0.3) is 70.4 Å².